The summed E-state index contributed by atoms with van der Waals surface area (Å²) in [5.41, 5.74) is 4.97. The third kappa shape index (κ3) is 4.01. The largest absolute Gasteiger partial charge is 0.490 e. The highest BCUT2D eigenvalue weighted by Gasteiger charge is 2.42. The summed E-state index contributed by atoms with van der Waals surface area (Å²) in [6, 6.07) is 0. The Bertz CT molecular complexity index is 540. The van der Waals surface area contributed by atoms with E-state index in [1.54, 1.807) is 0 Å². The lowest BCUT2D eigenvalue weighted by molar-refractivity contribution is -0.389. The highest BCUT2D eigenvalue weighted by molar-refractivity contribution is 5.86. The van der Waals surface area contributed by atoms with Crippen molar-refractivity contribution < 1.29 is 32.4 Å². The van der Waals surface area contributed by atoms with Gasteiger partial charge in [0.15, 0.2) is 0 Å². The normalized spacial score (nSPS) is 12.8. The van der Waals surface area contributed by atoms with E-state index in [-0.39, 0.29) is 0 Å². The highest BCUT2D eigenvalue weighted by Crippen LogP contribution is 2.17. The van der Waals surface area contributed by atoms with Gasteiger partial charge in [0.1, 0.15) is 6.20 Å². The summed E-state index contributed by atoms with van der Waals surface area (Å²) in [5.74, 6) is -4.25. The first-order valence-corrected chi connectivity index (χ1v) is 4.83. The molecular weight excluding hydrogens is 289 g/mol. The fourth-order valence-corrected chi connectivity index (χ4v) is 1.05. The molecule has 0 saturated heterocycles. The number of Topliss-reactive ketones (excluding diaryl/α,β-unsaturated/α-hetero) is 1. The summed E-state index contributed by atoms with van der Waals surface area (Å²) >= 11 is 0. The number of aromatic nitrogens is 2. The second-order valence-corrected chi connectivity index (χ2v) is 3.45. The van der Waals surface area contributed by atoms with Gasteiger partial charge < -0.3 is 19.4 Å². The number of alkyl halides is 3. The molecule has 0 aliphatic heterocycles. The molecule has 0 saturated carbocycles. The van der Waals surface area contributed by atoms with Gasteiger partial charge in [0, 0.05) is 0 Å². The van der Waals surface area contributed by atoms with Gasteiger partial charge in [-0.05, 0) is 9.91 Å². The molecule has 1 heterocycles. The van der Waals surface area contributed by atoms with Gasteiger partial charge >= 0.3 is 18.0 Å². The van der Waals surface area contributed by atoms with Crippen molar-refractivity contribution in [1.82, 2.24) is 9.55 Å². The number of nitrogens with zero attached hydrogens (tertiary/aromatic N) is 3. The summed E-state index contributed by atoms with van der Waals surface area (Å²) in [4.78, 5) is 34.6. The molecule has 0 amide bonds. The van der Waals surface area contributed by atoms with Gasteiger partial charge in [-0.1, -0.05) is 0 Å². The van der Waals surface area contributed by atoms with Crippen LogP contribution < -0.4 is 5.73 Å². The van der Waals surface area contributed by atoms with E-state index >= 15 is 0 Å². The molecule has 20 heavy (non-hydrogen) atoms. The van der Waals surface area contributed by atoms with Gasteiger partial charge in [-0.25, -0.2) is 4.79 Å². The van der Waals surface area contributed by atoms with Crippen LogP contribution in [-0.4, -0.2) is 38.6 Å². The van der Waals surface area contributed by atoms with E-state index in [9.17, 15) is 32.9 Å². The first-order valence-electron chi connectivity index (χ1n) is 4.83. The van der Waals surface area contributed by atoms with Gasteiger partial charge in [-0.15, -0.1) is 0 Å². The van der Waals surface area contributed by atoms with Crippen LogP contribution >= 0.6 is 0 Å². The molecule has 9 nitrogen and oxygen atoms in total. The molecule has 0 spiro atoms. The second kappa shape index (κ2) is 5.64. The maximum absolute atomic E-state index is 11.9. The molecule has 0 radical (unpaired) electrons. The zero-order valence-electron chi connectivity index (χ0n) is 9.53. The minimum atomic E-state index is -5.27. The SMILES string of the molecule is NC(OC(=O)C(F)(F)F)C(=O)Cn1cnc([N+](=O)[O-])c1. The molecule has 1 aromatic rings. The number of carbonyl (C=O) groups excluding carboxylic acids is 2. The van der Waals surface area contributed by atoms with Crippen LogP contribution in [0, 0.1) is 10.1 Å². The molecular formula is C8H7F3N4O5. The van der Waals surface area contributed by atoms with Crippen molar-refractivity contribution in [3.05, 3.63) is 22.6 Å². The zero-order chi connectivity index (χ0) is 15.5. The van der Waals surface area contributed by atoms with Crippen LogP contribution in [-0.2, 0) is 20.9 Å². The van der Waals surface area contributed by atoms with E-state index in [1.807, 2.05) is 0 Å². The molecule has 0 aliphatic carbocycles. The van der Waals surface area contributed by atoms with Crippen molar-refractivity contribution in [3.8, 4) is 0 Å². The van der Waals surface area contributed by atoms with Crippen molar-refractivity contribution in [2.24, 2.45) is 5.73 Å². The Kier molecular flexibility index (Phi) is 4.39. The number of nitro groups is 1. The predicted octanol–water partition coefficient (Wildman–Crippen LogP) is -0.249. The Labute approximate surface area is 108 Å². The van der Waals surface area contributed by atoms with E-state index in [2.05, 4.69) is 9.72 Å². The van der Waals surface area contributed by atoms with Crippen LogP contribution in [0.25, 0.3) is 0 Å². The molecule has 0 aromatic carbocycles. The van der Waals surface area contributed by atoms with Crippen LogP contribution in [0.15, 0.2) is 12.5 Å². The number of hydrogen-bond acceptors (Lipinski definition) is 7. The summed E-state index contributed by atoms with van der Waals surface area (Å²) in [5, 5.41) is 10.3. The van der Waals surface area contributed by atoms with Crippen molar-refractivity contribution >= 4 is 17.6 Å². The molecule has 1 atom stereocenters. The van der Waals surface area contributed by atoms with E-state index in [1.165, 1.54) is 0 Å². The molecule has 0 bridgehead atoms. The number of halogens is 3. The maximum atomic E-state index is 11.9. The monoisotopic (exact) mass is 296 g/mol. The topological polar surface area (TPSA) is 130 Å². The van der Waals surface area contributed by atoms with Crippen LogP contribution in [0.5, 0.6) is 0 Å². The zero-order valence-corrected chi connectivity index (χ0v) is 9.53. The van der Waals surface area contributed by atoms with Crippen LogP contribution in [0.4, 0.5) is 19.0 Å². The summed E-state index contributed by atoms with van der Waals surface area (Å²) in [7, 11) is 0. The quantitative estimate of drug-likeness (QED) is 0.343. The van der Waals surface area contributed by atoms with Gasteiger partial charge in [0.05, 0.1) is 6.54 Å². The number of imidazole rings is 1. The summed E-state index contributed by atoms with van der Waals surface area (Å²) in [6.07, 6.45) is -5.62. The average Bonchev–Trinajstić information content (AvgIpc) is 2.76. The van der Waals surface area contributed by atoms with Crippen molar-refractivity contribution in [1.29, 1.82) is 0 Å². The van der Waals surface area contributed by atoms with Gasteiger partial charge in [-0.2, -0.15) is 13.2 Å². The predicted molar refractivity (Wildman–Crippen MR) is 54.0 cm³/mol. The highest BCUT2D eigenvalue weighted by atomic mass is 19.4. The Hall–Kier alpha value is -2.50. The summed E-state index contributed by atoms with van der Waals surface area (Å²) in [6.45, 7) is -0.632. The van der Waals surface area contributed by atoms with Crippen LogP contribution in [0.3, 0.4) is 0 Å². The minimum absolute atomic E-state index is 0.557. The number of hydrogen-bond donors (Lipinski definition) is 1. The van der Waals surface area contributed by atoms with Crippen LogP contribution in [0.2, 0.25) is 0 Å². The fraction of sp³-hybridized carbons (Fsp3) is 0.375. The Morgan fingerprint density at radius 1 is 1.55 bits per heavy atom. The molecule has 110 valence electrons. The number of ketones is 1. The van der Waals surface area contributed by atoms with Crippen molar-refractivity contribution in [2.45, 2.75) is 18.9 Å². The molecule has 2 N–H and O–H groups in total. The third-order valence-corrected chi connectivity index (χ3v) is 1.93. The van der Waals surface area contributed by atoms with E-state index in [0.29, 0.717) is 0 Å². The lowest BCUT2D eigenvalue weighted by atomic mass is 10.3. The Morgan fingerprint density at radius 2 is 2.15 bits per heavy atom. The Morgan fingerprint density at radius 3 is 2.60 bits per heavy atom. The number of ether oxygens (including phenoxy) is 1. The number of esters is 1. The van der Waals surface area contributed by atoms with E-state index in [0.717, 1.165) is 17.1 Å². The second-order valence-electron chi connectivity index (χ2n) is 3.45. The molecule has 1 rings (SSSR count). The molecule has 1 aromatic heterocycles. The first kappa shape index (κ1) is 15.6. The molecule has 1 unspecified atom stereocenters. The molecule has 0 aliphatic rings. The minimum Gasteiger partial charge on any atom is -0.433 e. The number of nitrogens with two attached hydrogens (primary N) is 1. The lowest BCUT2D eigenvalue weighted by Crippen LogP contribution is -2.41. The van der Waals surface area contributed by atoms with Gasteiger partial charge in [-0.3, -0.25) is 10.5 Å². The molecule has 12 heteroatoms. The third-order valence-electron chi connectivity index (χ3n) is 1.93. The van der Waals surface area contributed by atoms with Crippen molar-refractivity contribution in [3.63, 3.8) is 0 Å². The van der Waals surface area contributed by atoms with Gasteiger partial charge in [0.2, 0.25) is 18.3 Å². The average molecular weight is 296 g/mol. The van der Waals surface area contributed by atoms with E-state index in [4.69, 9.17) is 5.73 Å². The van der Waals surface area contributed by atoms with Gasteiger partial charge in [0.25, 0.3) is 0 Å². The molecule has 0 fully saturated rings. The van der Waals surface area contributed by atoms with Crippen LogP contribution in [0.1, 0.15) is 0 Å². The first-order chi connectivity index (χ1) is 9.11. The smallest absolute Gasteiger partial charge is 0.433 e. The number of carbonyl (C=O) groups is 2. The Balaban J connectivity index is 2.61. The summed E-state index contributed by atoms with van der Waals surface area (Å²) < 4.78 is 40.2. The standard InChI is InChI=1S/C8H7F3N4O5/c9-8(10,11)7(17)20-6(12)4(16)1-14-2-5(13-3-14)15(18)19/h2-3,6H,1,12H2. The fourth-order valence-electron chi connectivity index (χ4n) is 1.05. The van der Waals surface area contributed by atoms with Crippen molar-refractivity contribution in [2.75, 3.05) is 0 Å². The lowest BCUT2D eigenvalue weighted by Gasteiger charge is -2.13. The maximum Gasteiger partial charge on any atom is 0.490 e. The van der Waals surface area contributed by atoms with E-state index < -0.39 is 41.4 Å². The number of rotatable bonds is 5.